The molecular formula is C71H133NO10. The van der Waals surface area contributed by atoms with Crippen LogP contribution in [0.2, 0.25) is 0 Å². The molecule has 0 radical (unpaired) electrons. The van der Waals surface area contributed by atoms with Crippen molar-refractivity contribution in [1.82, 2.24) is 5.32 Å². The van der Waals surface area contributed by atoms with Crippen molar-refractivity contribution < 1.29 is 49.3 Å². The fraction of sp³-hybridized carbons (Fsp3) is 0.887. The van der Waals surface area contributed by atoms with Crippen molar-refractivity contribution in [1.29, 1.82) is 0 Å². The summed E-state index contributed by atoms with van der Waals surface area (Å²) in [4.78, 5) is 25.1. The summed E-state index contributed by atoms with van der Waals surface area (Å²) in [6.07, 6.45) is 67.3. The second kappa shape index (κ2) is 60.6. The van der Waals surface area contributed by atoms with Crippen LogP contribution in [0, 0.1) is 0 Å². The summed E-state index contributed by atoms with van der Waals surface area (Å²) in [6.45, 7) is 4.28. The third-order valence-corrected chi connectivity index (χ3v) is 16.7. The number of hydrogen-bond acceptors (Lipinski definition) is 10. The van der Waals surface area contributed by atoms with E-state index in [9.17, 15) is 35.1 Å². The maximum atomic E-state index is 13.0. The van der Waals surface area contributed by atoms with Gasteiger partial charge < -0.3 is 45.1 Å². The standard InChI is InChI=1S/C71H133NO10/c1-3-5-7-9-11-13-37-41-45-49-53-57-64(74)63(62-81-71-70(79)69(78)68(77)65(61-73)82-71)72-66(75)58-54-50-46-42-39-35-33-31-29-27-25-23-21-19-17-15-16-18-20-22-24-26-28-30-32-34-36-40-44-48-52-56-60-80-67(76)59-55-51-47-43-38-14-12-10-8-6-4-2/h7,9,37,41,53,57,63-65,68-71,73-74,77-79H,3-6,8,10-36,38-40,42-52,54-56,58-62H2,1-2H3,(H,72,75)/b9-7+,41-37+,57-53+. The van der Waals surface area contributed by atoms with E-state index < -0.39 is 49.5 Å². The minimum atomic E-state index is -1.58. The third-order valence-electron chi connectivity index (χ3n) is 16.7. The van der Waals surface area contributed by atoms with Gasteiger partial charge in [0, 0.05) is 12.8 Å². The first-order chi connectivity index (χ1) is 40.2. The molecule has 11 heteroatoms. The molecule has 0 saturated carbocycles. The van der Waals surface area contributed by atoms with Gasteiger partial charge in [0.25, 0.3) is 0 Å². The second-order valence-corrected chi connectivity index (χ2v) is 24.6. The first-order valence-electron chi connectivity index (χ1n) is 35.3. The molecule has 82 heavy (non-hydrogen) atoms. The number of allylic oxidation sites excluding steroid dienone is 5. The second-order valence-electron chi connectivity index (χ2n) is 24.6. The molecule has 7 unspecified atom stereocenters. The predicted molar refractivity (Wildman–Crippen MR) is 343 cm³/mol. The summed E-state index contributed by atoms with van der Waals surface area (Å²) in [5, 5.41) is 54.3. The Labute approximate surface area is 504 Å². The van der Waals surface area contributed by atoms with E-state index in [1.165, 1.54) is 244 Å². The molecule has 1 fully saturated rings. The van der Waals surface area contributed by atoms with E-state index in [-0.39, 0.29) is 18.5 Å². The Kier molecular flexibility index (Phi) is 57.5. The summed E-state index contributed by atoms with van der Waals surface area (Å²) in [5.41, 5.74) is 0. The first-order valence-corrected chi connectivity index (χ1v) is 35.3. The average Bonchev–Trinajstić information content (AvgIpc) is 3.68. The normalized spacial score (nSPS) is 18.4. The predicted octanol–water partition coefficient (Wildman–Crippen LogP) is 17.8. The SMILES string of the molecule is CCC/C=C/CC/C=C/CC/C=C/C(O)C(COC1OC(CO)C(O)C(O)C1O)NC(=O)CCCCCCCCCCCCCCCCCCCCCCCCCCCCCCCCCCOC(=O)CCCCCCCCCCCCC. The Morgan fingerprint density at radius 3 is 1.18 bits per heavy atom. The minimum absolute atomic E-state index is 0.0131. The minimum Gasteiger partial charge on any atom is -0.466 e. The van der Waals surface area contributed by atoms with Gasteiger partial charge in [-0.15, -0.1) is 0 Å². The van der Waals surface area contributed by atoms with Crippen LogP contribution in [0.1, 0.15) is 341 Å². The molecule has 0 aromatic heterocycles. The number of hydrogen-bond donors (Lipinski definition) is 6. The zero-order valence-electron chi connectivity index (χ0n) is 53.5. The molecule has 0 spiro atoms. The molecule has 1 aliphatic rings. The number of amides is 1. The average molecular weight is 1160 g/mol. The Hall–Kier alpha value is -2.12. The summed E-state index contributed by atoms with van der Waals surface area (Å²) in [5.74, 6) is -0.179. The molecule has 0 aromatic rings. The number of rotatable bonds is 62. The number of aliphatic hydroxyl groups is 5. The van der Waals surface area contributed by atoms with Crippen LogP contribution in [0.25, 0.3) is 0 Å². The van der Waals surface area contributed by atoms with Crippen molar-refractivity contribution in [3.8, 4) is 0 Å². The van der Waals surface area contributed by atoms with Crippen molar-refractivity contribution >= 4 is 11.9 Å². The summed E-state index contributed by atoms with van der Waals surface area (Å²) >= 11 is 0. The number of esters is 1. The van der Waals surface area contributed by atoms with Gasteiger partial charge in [-0.25, -0.2) is 0 Å². The van der Waals surface area contributed by atoms with Gasteiger partial charge >= 0.3 is 5.97 Å². The van der Waals surface area contributed by atoms with Gasteiger partial charge in [-0.05, 0) is 51.4 Å². The van der Waals surface area contributed by atoms with E-state index in [2.05, 4.69) is 43.5 Å². The van der Waals surface area contributed by atoms with Gasteiger partial charge in [0.1, 0.15) is 24.4 Å². The lowest BCUT2D eigenvalue weighted by Gasteiger charge is -2.40. The van der Waals surface area contributed by atoms with E-state index in [1.807, 2.05) is 6.08 Å². The summed E-state index contributed by atoms with van der Waals surface area (Å²) in [7, 11) is 0. The lowest BCUT2D eigenvalue weighted by molar-refractivity contribution is -0.302. The third kappa shape index (κ3) is 49.0. The number of aliphatic hydroxyl groups excluding tert-OH is 5. The van der Waals surface area contributed by atoms with E-state index in [0.29, 0.717) is 19.4 Å². The van der Waals surface area contributed by atoms with Crippen molar-refractivity contribution in [2.24, 2.45) is 0 Å². The largest absolute Gasteiger partial charge is 0.466 e. The molecule has 1 heterocycles. The lowest BCUT2D eigenvalue weighted by atomic mass is 9.99. The lowest BCUT2D eigenvalue weighted by Crippen LogP contribution is -2.60. The van der Waals surface area contributed by atoms with Crippen molar-refractivity contribution in [3.63, 3.8) is 0 Å². The molecule has 11 nitrogen and oxygen atoms in total. The molecule has 0 aliphatic carbocycles. The number of carbonyl (C=O) groups excluding carboxylic acids is 2. The van der Waals surface area contributed by atoms with E-state index in [1.54, 1.807) is 6.08 Å². The van der Waals surface area contributed by atoms with Crippen LogP contribution < -0.4 is 5.32 Å². The highest BCUT2D eigenvalue weighted by Gasteiger charge is 2.44. The van der Waals surface area contributed by atoms with Crippen LogP contribution in [0.4, 0.5) is 0 Å². The molecular weight excluding hydrogens is 1030 g/mol. The van der Waals surface area contributed by atoms with Gasteiger partial charge in [-0.3, -0.25) is 9.59 Å². The topological polar surface area (TPSA) is 175 Å². The Morgan fingerprint density at radius 1 is 0.439 bits per heavy atom. The van der Waals surface area contributed by atoms with Gasteiger partial charge in [0.15, 0.2) is 6.29 Å². The molecule has 6 N–H and O–H groups in total. The number of ether oxygens (including phenoxy) is 3. The molecule has 1 rings (SSSR count). The maximum Gasteiger partial charge on any atom is 0.305 e. The van der Waals surface area contributed by atoms with Crippen LogP contribution in [0.15, 0.2) is 36.5 Å². The monoisotopic (exact) mass is 1160 g/mol. The molecule has 0 bridgehead atoms. The summed E-state index contributed by atoms with van der Waals surface area (Å²) in [6, 6.07) is -0.830. The number of carbonyl (C=O) groups is 2. The van der Waals surface area contributed by atoms with Crippen molar-refractivity contribution in [2.45, 2.75) is 384 Å². The van der Waals surface area contributed by atoms with Gasteiger partial charge in [0.2, 0.25) is 5.91 Å². The van der Waals surface area contributed by atoms with Crippen molar-refractivity contribution in [2.75, 3.05) is 19.8 Å². The quantitative estimate of drug-likeness (QED) is 0.0195. The van der Waals surface area contributed by atoms with Crippen LogP contribution in [0.3, 0.4) is 0 Å². The van der Waals surface area contributed by atoms with Gasteiger partial charge in [0.05, 0.1) is 32.0 Å². The summed E-state index contributed by atoms with van der Waals surface area (Å²) < 4.78 is 16.7. The smallest absolute Gasteiger partial charge is 0.305 e. The van der Waals surface area contributed by atoms with Gasteiger partial charge in [-0.1, -0.05) is 314 Å². The molecule has 1 aliphatic heterocycles. The highest BCUT2D eigenvalue weighted by atomic mass is 16.7. The van der Waals surface area contributed by atoms with Crippen LogP contribution >= 0.6 is 0 Å². The Bertz CT molecular complexity index is 1460. The van der Waals surface area contributed by atoms with Gasteiger partial charge in [-0.2, -0.15) is 0 Å². The molecule has 1 saturated heterocycles. The first kappa shape index (κ1) is 77.9. The Balaban J connectivity index is 1.93. The van der Waals surface area contributed by atoms with Crippen LogP contribution in [0.5, 0.6) is 0 Å². The fourth-order valence-corrected chi connectivity index (χ4v) is 11.2. The number of unbranched alkanes of at least 4 members (excludes halogenated alkanes) is 44. The van der Waals surface area contributed by atoms with Crippen LogP contribution in [-0.2, 0) is 23.8 Å². The molecule has 1 amide bonds. The van der Waals surface area contributed by atoms with E-state index in [0.717, 1.165) is 70.6 Å². The highest BCUT2D eigenvalue weighted by Crippen LogP contribution is 2.23. The fourth-order valence-electron chi connectivity index (χ4n) is 11.2. The Morgan fingerprint density at radius 2 is 0.793 bits per heavy atom. The molecule has 7 atom stereocenters. The molecule has 482 valence electrons. The number of nitrogens with one attached hydrogen (secondary N) is 1. The molecule has 0 aromatic carbocycles. The zero-order chi connectivity index (χ0) is 59.5. The van der Waals surface area contributed by atoms with E-state index in [4.69, 9.17) is 14.2 Å². The van der Waals surface area contributed by atoms with Crippen molar-refractivity contribution in [3.05, 3.63) is 36.5 Å². The van der Waals surface area contributed by atoms with E-state index >= 15 is 0 Å². The zero-order valence-corrected chi connectivity index (χ0v) is 53.5. The maximum absolute atomic E-state index is 13.0. The highest BCUT2D eigenvalue weighted by molar-refractivity contribution is 5.76. The van der Waals surface area contributed by atoms with Crippen LogP contribution in [-0.4, -0.2) is 100 Å².